The molecule has 1 N–H and O–H groups in total. The number of hydrogen-bond acceptors (Lipinski definition) is 7. The molecule has 1 aliphatic rings. The van der Waals surface area contributed by atoms with Gasteiger partial charge in [0, 0.05) is 62.6 Å². The number of amides is 1. The maximum atomic E-state index is 13.3. The molecule has 0 aromatic heterocycles. The Morgan fingerprint density at radius 1 is 0.822 bits per heavy atom. The molecule has 8 nitrogen and oxygen atoms in total. The van der Waals surface area contributed by atoms with Gasteiger partial charge in [-0.3, -0.25) is 24.0 Å². The minimum atomic E-state index is -0.864. The average molecular weight is 618 g/mol. The Kier molecular flexibility index (Phi) is 12.8. The smallest absolute Gasteiger partial charge is 0.224 e. The normalized spacial score (nSPS) is 16.1. The monoisotopic (exact) mass is 617 g/mol. The Morgan fingerprint density at radius 3 is 1.98 bits per heavy atom. The molecule has 3 atom stereocenters. The second-order valence-electron chi connectivity index (χ2n) is 13.9. The van der Waals surface area contributed by atoms with Crippen LogP contribution in [0, 0.1) is 23.2 Å². The van der Waals surface area contributed by atoms with Crippen LogP contribution in [0.5, 0.6) is 0 Å². The number of likely N-dealkylation sites (N-methyl/N-ethyl adjacent to an activating group) is 1. The number of hydrogen-bond donors (Lipinski definition) is 1. The van der Waals surface area contributed by atoms with Gasteiger partial charge in [-0.15, -0.1) is 0 Å². The summed E-state index contributed by atoms with van der Waals surface area (Å²) in [6.45, 7) is 14.9. The number of nitrogens with zero attached hydrogens (tertiary/aromatic N) is 2. The molecule has 0 radical (unpaired) electrons. The van der Waals surface area contributed by atoms with E-state index in [9.17, 15) is 24.0 Å². The Morgan fingerprint density at radius 2 is 1.42 bits per heavy atom. The van der Waals surface area contributed by atoms with E-state index in [-0.39, 0.29) is 42.7 Å². The minimum Gasteiger partial charge on any atom is -0.369 e. The molecule has 1 fully saturated rings. The van der Waals surface area contributed by atoms with E-state index >= 15 is 0 Å². The molecule has 8 heteroatoms. The van der Waals surface area contributed by atoms with E-state index < -0.39 is 34.9 Å². The van der Waals surface area contributed by atoms with Gasteiger partial charge in [0.05, 0.1) is 12.0 Å². The molecule has 0 spiro atoms. The second-order valence-corrected chi connectivity index (χ2v) is 13.9. The van der Waals surface area contributed by atoms with E-state index in [0.717, 1.165) is 37.4 Å². The number of benzene rings is 2. The Bertz CT molecular complexity index is 1320. The molecular weight excluding hydrogens is 566 g/mol. The zero-order valence-corrected chi connectivity index (χ0v) is 28.1. The summed E-state index contributed by atoms with van der Waals surface area (Å²) in [5, 5.41) is 2.79. The van der Waals surface area contributed by atoms with Crippen molar-refractivity contribution in [3.63, 3.8) is 0 Å². The SMILES string of the molecule is CC(C)[C@H](CC(=O)[C@H](C)NC(=O)[C@@H](CC(=O)c1ccccc1)C(C)(C)C)C(=O)C(=O)CCc1ccc(N2CCN(C)CC2)cc1. The summed E-state index contributed by atoms with van der Waals surface area (Å²) in [6.07, 6.45) is 0.417. The minimum absolute atomic E-state index is 0.0143. The van der Waals surface area contributed by atoms with E-state index in [0.29, 0.717) is 12.0 Å². The fraction of sp³-hybridized carbons (Fsp3) is 0.541. The third kappa shape index (κ3) is 10.5. The van der Waals surface area contributed by atoms with E-state index in [1.807, 2.05) is 52.8 Å². The fourth-order valence-corrected chi connectivity index (χ4v) is 5.66. The first-order chi connectivity index (χ1) is 21.2. The van der Waals surface area contributed by atoms with Crippen molar-refractivity contribution < 1.29 is 24.0 Å². The molecule has 1 aliphatic heterocycles. The number of anilines is 1. The summed E-state index contributed by atoms with van der Waals surface area (Å²) < 4.78 is 0. The molecule has 0 unspecified atom stereocenters. The number of carbonyl (C=O) groups is 5. The topological polar surface area (TPSA) is 104 Å². The predicted octanol–water partition coefficient (Wildman–Crippen LogP) is 5.18. The lowest BCUT2D eigenvalue weighted by Gasteiger charge is -2.34. The van der Waals surface area contributed by atoms with Gasteiger partial charge in [0.1, 0.15) is 0 Å². The first kappa shape index (κ1) is 35.8. The van der Waals surface area contributed by atoms with Crippen molar-refractivity contribution in [1.82, 2.24) is 10.2 Å². The highest BCUT2D eigenvalue weighted by Gasteiger charge is 2.36. The van der Waals surface area contributed by atoms with Crippen LogP contribution in [-0.4, -0.2) is 73.2 Å². The van der Waals surface area contributed by atoms with Gasteiger partial charge in [-0.25, -0.2) is 0 Å². The van der Waals surface area contributed by atoms with Crippen LogP contribution in [0.3, 0.4) is 0 Å². The molecule has 0 saturated carbocycles. The fourth-order valence-electron chi connectivity index (χ4n) is 5.66. The predicted molar refractivity (Wildman–Crippen MR) is 178 cm³/mol. The molecule has 0 aliphatic carbocycles. The third-order valence-electron chi connectivity index (χ3n) is 8.97. The van der Waals surface area contributed by atoms with Crippen molar-refractivity contribution in [2.24, 2.45) is 23.2 Å². The van der Waals surface area contributed by atoms with Crippen molar-refractivity contribution >= 4 is 34.7 Å². The van der Waals surface area contributed by atoms with Crippen molar-refractivity contribution in [3.8, 4) is 0 Å². The van der Waals surface area contributed by atoms with Gasteiger partial charge in [0.2, 0.25) is 11.7 Å². The Labute approximate surface area is 268 Å². The summed E-state index contributed by atoms with van der Waals surface area (Å²) in [6, 6.07) is 16.1. The van der Waals surface area contributed by atoms with Crippen molar-refractivity contribution in [2.45, 2.75) is 73.3 Å². The van der Waals surface area contributed by atoms with Crippen molar-refractivity contribution in [1.29, 1.82) is 0 Å². The molecule has 1 amide bonds. The molecule has 1 saturated heterocycles. The summed E-state index contributed by atoms with van der Waals surface area (Å²) in [4.78, 5) is 70.3. The molecular formula is C37H51N3O5. The van der Waals surface area contributed by atoms with Gasteiger partial charge < -0.3 is 15.1 Å². The standard InChI is InChI=1S/C37H51N3O5/c1-25(2)30(35(44)32(41)18-15-27-13-16-29(17-14-27)40-21-19-39(7)20-22-40)23-33(42)26(3)38-36(45)31(37(4,5)6)24-34(43)28-11-9-8-10-12-28/h8-14,16-17,25-26,30-31H,15,18-24H2,1-7H3,(H,38,45)/t26-,30-,31+/m0/s1. The van der Waals surface area contributed by atoms with E-state index in [2.05, 4.69) is 34.3 Å². The number of nitrogens with one attached hydrogen (secondary N) is 1. The first-order valence-electron chi connectivity index (χ1n) is 16.2. The van der Waals surface area contributed by atoms with Crippen LogP contribution < -0.4 is 10.2 Å². The number of piperazine rings is 1. The van der Waals surface area contributed by atoms with Gasteiger partial charge in [-0.05, 0) is 49.4 Å². The number of Topliss-reactive ketones (excluding diaryl/α,β-unsaturated/α-hetero) is 4. The van der Waals surface area contributed by atoms with Gasteiger partial charge >= 0.3 is 0 Å². The van der Waals surface area contributed by atoms with Gasteiger partial charge in [0.15, 0.2) is 17.3 Å². The first-order valence-corrected chi connectivity index (χ1v) is 16.2. The number of aryl methyl sites for hydroxylation is 1. The Hall–Kier alpha value is -3.65. The quantitative estimate of drug-likeness (QED) is 0.217. The lowest BCUT2D eigenvalue weighted by Crippen LogP contribution is -2.46. The maximum Gasteiger partial charge on any atom is 0.224 e. The molecule has 244 valence electrons. The van der Waals surface area contributed by atoms with Crippen molar-refractivity contribution in [3.05, 3.63) is 65.7 Å². The van der Waals surface area contributed by atoms with Crippen LogP contribution in [0.1, 0.15) is 76.7 Å². The highest BCUT2D eigenvalue weighted by atomic mass is 16.2. The van der Waals surface area contributed by atoms with Gasteiger partial charge in [-0.1, -0.05) is 77.1 Å². The summed E-state index contributed by atoms with van der Waals surface area (Å²) >= 11 is 0. The second kappa shape index (κ2) is 16.1. The van der Waals surface area contributed by atoms with Crippen LogP contribution in [0.15, 0.2) is 54.6 Å². The molecule has 1 heterocycles. The van der Waals surface area contributed by atoms with Gasteiger partial charge in [0.25, 0.3) is 0 Å². The van der Waals surface area contributed by atoms with Crippen LogP contribution in [0.4, 0.5) is 5.69 Å². The Balaban J connectivity index is 1.55. The molecule has 0 bridgehead atoms. The van der Waals surface area contributed by atoms with Crippen LogP contribution in [0.25, 0.3) is 0 Å². The molecule has 45 heavy (non-hydrogen) atoms. The molecule has 2 aromatic carbocycles. The number of carbonyl (C=O) groups excluding carboxylic acids is 5. The van der Waals surface area contributed by atoms with E-state index in [1.165, 1.54) is 0 Å². The molecule has 3 rings (SSSR count). The summed E-state index contributed by atoms with van der Waals surface area (Å²) in [5.74, 6) is -3.48. The lowest BCUT2D eigenvalue weighted by atomic mass is 9.76. The third-order valence-corrected chi connectivity index (χ3v) is 8.97. The number of ketones is 4. The lowest BCUT2D eigenvalue weighted by molar-refractivity contribution is -0.141. The van der Waals surface area contributed by atoms with Gasteiger partial charge in [-0.2, -0.15) is 0 Å². The number of rotatable bonds is 15. The molecule has 2 aromatic rings. The van der Waals surface area contributed by atoms with Crippen LogP contribution in [0.2, 0.25) is 0 Å². The van der Waals surface area contributed by atoms with E-state index in [4.69, 9.17) is 0 Å². The van der Waals surface area contributed by atoms with Crippen molar-refractivity contribution in [2.75, 3.05) is 38.1 Å². The average Bonchev–Trinajstić information content (AvgIpc) is 3.00. The summed E-state index contributed by atoms with van der Waals surface area (Å²) in [5.41, 5.74) is 2.16. The largest absolute Gasteiger partial charge is 0.369 e. The van der Waals surface area contributed by atoms with Crippen LogP contribution in [-0.2, 0) is 25.6 Å². The zero-order valence-electron chi connectivity index (χ0n) is 28.1. The summed E-state index contributed by atoms with van der Waals surface area (Å²) in [7, 11) is 2.12. The maximum absolute atomic E-state index is 13.3. The van der Waals surface area contributed by atoms with Crippen LogP contribution >= 0.6 is 0 Å². The highest BCUT2D eigenvalue weighted by molar-refractivity contribution is 6.38. The highest BCUT2D eigenvalue weighted by Crippen LogP contribution is 2.30. The van der Waals surface area contributed by atoms with E-state index in [1.54, 1.807) is 31.2 Å². The zero-order chi connectivity index (χ0) is 33.3.